The topological polar surface area (TPSA) is 49.9 Å². The van der Waals surface area contributed by atoms with E-state index in [1.54, 1.807) is 24.1 Å². The first-order valence-electron chi connectivity index (χ1n) is 8.07. The molecule has 25 heavy (non-hydrogen) atoms. The smallest absolute Gasteiger partial charge is 0.255 e. The number of nitrogens with zero attached hydrogens (tertiary/aromatic N) is 2. The minimum Gasteiger partial charge on any atom is -0.497 e. The number of piperazine rings is 1. The van der Waals surface area contributed by atoms with Crippen molar-refractivity contribution >= 4 is 34.4 Å². The number of amides is 2. The Kier molecular flexibility index (Phi) is 5.57. The second-order valence-corrected chi connectivity index (χ2v) is 6.96. The lowest BCUT2D eigenvalue weighted by Crippen LogP contribution is -2.50. The molecule has 0 unspecified atom stereocenters. The van der Waals surface area contributed by atoms with E-state index >= 15 is 0 Å². The second-order valence-electron chi connectivity index (χ2n) is 5.80. The second kappa shape index (κ2) is 7.86. The molecule has 5 nitrogen and oxygen atoms in total. The van der Waals surface area contributed by atoms with E-state index in [2.05, 4.69) is 22.6 Å². The fourth-order valence-corrected chi connectivity index (χ4v) is 3.47. The molecule has 3 rings (SSSR count). The fraction of sp³-hybridized carbons (Fsp3) is 0.263. The number of rotatable bonds is 3. The predicted octanol–water partition coefficient (Wildman–Crippen LogP) is 2.90. The summed E-state index contributed by atoms with van der Waals surface area (Å²) in [4.78, 5) is 28.9. The van der Waals surface area contributed by atoms with Crippen molar-refractivity contribution in [2.24, 2.45) is 0 Å². The van der Waals surface area contributed by atoms with Gasteiger partial charge in [0.15, 0.2) is 0 Å². The van der Waals surface area contributed by atoms with Gasteiger partial charge in [-0.25, -0.2) is 0 Å². The van der Waals surface area contributed by atoms with Gasteiger partial charge in [-0.15, -0.1) is 0 Å². The van der Waals surface area contributed by atoms with Gasteiger partial charge in [-0.2, -0.15) is 0 Å². The summed E-state index contributed by atoms with van der Waals surface area (Å²) in [6.07, 6.45) is 0. The molecule has 2 aromatic rings. The molecule has 6 heteroatoms. The average molecular weight is 450 g/mol. The van der Waals surface area contributed by atoms with Gasteiger partial charge in [-0.3, -0.25) is 9.59 Å². The van der Waals surface area contributed by atoms with E-state index in [9.17, 15) is 9.59 Å². The van der Waals surface area contributed by atoms with Gasteiger partial charge >= 0.3 is 0 Å². The summed E-state index contributed by atoms with van der Waals surface area (Å²) in [7, 11) is 1.58. The molecule has 0 radical (unpaired) electrons. The standard InChI is InChI=1S/C19H19IN2O3/c1-25-15-6-4-5-14(13-15)18(23)21-9-11-22(12-10-21)19(24)16-7-2-3-8-17(16)20/h2-8,13H,9-12H2,1H3. The van der Waals surface area contributed by atoms with Crippen molar-refractivity contribution in [2.45, 2.75) is 0 Å². The van der Waals surface area contributed by atoms with Crippen LogP contribution in [0.2, 0.25) is 0 Å². The van der Waals surface area contributed by atoms with Crippen molar-refractivity contribution in [3.05, 3.63) is 63.2 Å². The minimum absolute atomic E-state index is 0.0264. The zero-order valence-corrected chi connectivity index (χ0v) is 16.1. The first kappa shape index (κ1) is 17.7. The molecule has 0 spiro atoms. The lowest BCUT2D eigenvalue weighted by Gasteiger charge is -2.35. The van der Waals surface area contributed by atoms with Crippen molar-refractivity contribution in [3.8, 4) is 5.75 Å². The molecule has 1 aliphatic rings. The molecule has 2 aromatic carbocycles. The Morgan fingerprint density at radius 3 is 2.20 bits per heavy atom. The van der Waals surface area contributed by atoms with Crippen LogP contribution < -0.4 is 4.74 Å². The van der Waals surface area contributed by atoms with Gasteiger partial charge in [0.2, 0.25) is 0 Å². The molecule has 1 aliphatic heterocycles. The van der Waals surface area contributed by atoms with Crippen LogP contribution in [0.3, 0.4) is 0 Å². The van der Waals surface area contributed by atoms with Crippen LogP contribution in [0, 0.1) is 3.57 Å². The van der Waals surface area contributed by atoms with E-state index in [1.807, 2.05) is 41.3 Å². The molecule has 0 saturated carbocycles. The van der Waals surface area contributed by atoms with Gasteiger partial charge in [-0.1, -0.05) is 18.2 Å². The van der Waals surface area contributed by atoms with Gasteiger partial charge in [0.25, 0.3) is 11.8 Å². The molecule has 0 atom stereocenters. The first-order valence-corrected chi connectivity index (χ1v) is 9.15. The highest BCUT2D eigenvalue weighted by atomic mass is 127. The Morgan fingerprint density at radius 1 is 0.920 bits per heavy atom. The van der Waals surface area contributed by atoms with Crippen LogP contribution in [-0.2, 0) is 0 Å². The van der Waals surface area contributed by atoms with Crippen LogP contribution >= 0.6 is 22.6 Å². The Bertz CT molecular complexity index is 786. The van der Waals surface area contributed by atoms with E-state index in [1.165, 1.54) is 0 Å². The van der Waals surface area contributed by atoms with Crippen molar-refractivity contribution < 1.29 is 14.3 Å². The summed E-state index contributed by atoms with van der Waals surface area (Å²) in [6, 6.07) is 14.7. The number of ether oxygens (including phenoxy) is 1. The number of benzene rings is 2. The van der Waals surface area contributed by atoms with E-state index in [0.717, 1.165) is 9.13 Å². The van der Waals surface area contributed by atoms with Crippen LogP contribution in [-0.4, -0.2) is 54.9 Å². The van der Waals surface area contributed by atoms with E-state index in [-0.39, 0.29) is 11.8 Å². The van der Waals surface area contributed by atoms with Gasteiger partial charge < -0.3 is 14.5 Å². The van der Waals surface area contributed by atoms with Crippen molar-refractivity contribution in [1.29, 1.82) is 0 Å². The number of hydrogen-bond donors (Lipinski definition) is 0. The highest BCUT2D eigenvalue weighted by molar-refractivity contribution is 14.1. The number of carbonyl (C=O) groups excluding carboxylic acids is 2. The molecule has 0 bridgehead atoms. The molecule has 1 saturated heterocycles. The van der Waals surface area contributed by atoms with Crippen LogP contribution in [0.4, 0.5) is 0 Å². The lowest BCUT2D eigenvalue weighted by atomic mass is 10.1. The quantitative estimate of drug-likeness (QED) is 0.676. The summed E-state index contributed by atoms with van der Waals surface area (Å²) < 4.78 is 6.12. The molecular formula is C19H19IN2O3. The van der Waals surface area contributed by atoms with Crippen LogP contribution in [0.5, 0.6) is 5.75 Å². The van der Waals surface area contributed by atoms with E-state index in [0.29, 0.717) is 37.5 Å². The third kappa shape index (κ3) is 3.95. The maximum absolute atomic E-state index is 12.7. The highest BCUT2D eigenvalue weighted by Gasteiger charge is 2.26. The highest BCUT2D eigenvalue weighted by Crippen LogP contribution is 2.18. The third-order valence-electron chi connectivity index (χ3n) is 4.28. The van der Waals surface area contributed by atoms with E-state index in [4.69, 9.17) is 4.74 Å². The molecule has 1 fully saturated rings. The first-order chi connectivity index (χ1) is 12.1. The molecule has 0 N–H and O–H groups in total. The van der Waals surface area contributed by atoms with Gasteiger partial charge in [0, 0.05) is 35.3 Å². The zero-order valence-electron chi connectivity index (χ0n) is 13.9. The SMILES string of the molecule is COc1cccc(C(=O)N2CCN(C(=O)c3ccccc3I)CC2)c1. The normalized spacial score (nSPS) is 14.3. The Labute approximate surface area is 160 Å². The van der Waals surface area contributed by atoms with Crippen LogP contribution in [0.1, 0.15) is 20.7 Å². The number of methoxy groups -OCH3 is 1. The van der Waals surface area contributed by atoms with E-state index < -0.39 is 0 Å². The Balaban J connectivity index is 1.64. The lowest BCUT2D eigenvalue weighted by molar-refractivity contribution is 0.0535. The number of halogens is 1. The maximum atomic E-state index is 12.7. The van der Waals surface area contributed by atoms with Gasteiger partial charge in [0.1, 0.15) is 5.75 Å². The summed E-state index contributed by atoms with van der Waals surface area (Å²) in [5.41, 5.74) is 1.33. The number of hydrogen-bond acceptors (Lipinski definition) is 3. The summed E-state index contributed by atoms with van der Waals surface area (Å²) >= 11 is 2.18. The molecule has 130 valence electrons. The monoisotopic (exact) mass is 450 g/mol. The summed E-state index contributed by atoms with van der Waals surface area (Å²) in [5, 5.41) is 0. The molecular weight excluding hydrogens is 431 g/mol. The molecule has 2 amide bonds. The number of carbonyl (C=O) groups is 2. The average Bonchev–Trinajstić information content (AvgIpc) is 2.67. The Hall–Kier alpha value is -2.09. The summed E-state index contributed by atoms with van der Waals surface area (Å²) in [6.45, 7) is 2.15. The summed E-state index contributed by atoms with van der Waals surface area (Å²) in [5.74, 6) is 0.664. The minimum atomic E-state index is -0.0275. The Morgan fingerprint density at radius 2 is 1.56 bits per heavy atom. The maximum Gasteiger partial charge on any atom is 0.255 e. The van der Waals surface area contributed by atoms with Gasteiger partial charge in [-0.05, 0) is 52.9 Å². The van der Waals surface area contributed by atoms with Crippen molar-refractivity contribution in [1.82, 2.24) is 9.80 Å². The predicted molar refractivity (Wildman–Crippen MR) is 104 cm³/mol. The third-order valence-corrected chi connectivity index (χ3v) is 5.22. The zero-order chi connectivity index (χ0) is 17.8. The fourth-order valence-electron chi connectivity index (χ4n) is 2.86. The van der Waals surface area contributed by atoms with Crippen molar-refractivity contribution in [2.75, 3.05) is 33.3 Å². The molecule has 0 aliphatic carbocycles. The van der Waals surface area contributed by atoms with Crippen LogP contribution in [0.15, 0.2) is 48.5 Å². The van der Waals surface area contributed by atoms with Crippen molar-refractivity contribution in [3.63, 3.8) is 0 Å². The van der Waals surface area contributed by atoms with Crippen LogP contribution in [0.25, 0.3) is 0 Å². The van der Waals surface area contributed by atoms with Gasteiger partial charge in [0.05, 0.1) is 12.7 Å². The molecule has 0 aromatic heterocycles. The largest absolute Gasteiger partial charge is 0.497 e. The molecule has 1 heterocycles.